The van der Waals surface area contributed by atoms with E-state index < -0.39 is 0 Å². The van der Waals surface area contributed by atoms with Crippen molar-refractivity contribution < 1.29 is 9.90 Å². The summed E-state index contributed by atoms with van der Waals surface area (Å²) >= 11 is 12.1. The highest BCUT2D eigenvalue weighted by Gasteiger charge is 2.36. The predicted octanol–water partition coefficient (Wildman–Crippen LogP) is 4.63. The number of rotatable bonds is 1. The number of phenols is 1. The molecule has 19 heavy (non-hydrogen) atoms. The molecule has 1 atom stereocenters. The summed E-state index contributed by atoms with van der Waals surface area (Å²) in [5, 5.41) is 10.0. The molecule has 1 N–H and O–H groups in total. The van der Waals surface area contributed by atoms with Crippen molar-refractivity contribution in [2.24, 2.45) is 11.8 Å². The van der Waals surface area contributed by atoms with Crippen molar-refractivity contribution in [1.29, 1.82) is 0 Å². The molecule has 0 radical (unpaired) electrons. The summed E-state index contributed by atoms with van der Waals surface area (Å²) in [7, 11) is 0. The third-order valence-electron chi connectivity index (χ3n) is 4.55. The van der Waals surface area contributed by atoms with E-state index in [4.69, 9.17) is 23.2 Å². The maximum atomic E-state index is 12.7. The van der Waals surface area contributed by atoms with E-state index in [2.05, 4.69) is 0 Å². The zero-order valence-electron chi connectivity index (χ0n) is 10.6. The van der Waals surface area contributed by atoms with E-state index in [0.717, 1.165) is 31.2 Å². The van der Waals surface area contributed by atoms with Gasteiger partial charge in [0.2, 0.25) is 0 Å². The first-order valence-corrected chi connectivity index (χ1v) is 7.59. The fourth-order valence-electron chi connectivity index (χ4n) is 3.56. The van der Waals surface area contributed by atoms with Crippen LogP contribution in [0.25, 0.3) is 0 Å². The molecule has 1 saturated carbocycles. The summed E-state index contributed by atoms with van der Waals surface area (Å²) in [6.45, 7) is 0. The fourth-order valence-corrected chi connectivity index (χ4v) is 4.02. The van der Waals surface area contributed by atoms with Gasteiger partial charge in [0.1, 0.15) is 10.8 Å². The lowest BCUT2D eigenvalue weighted by Gasteiger charge is -2.28. The van der Waals surface area contributed by atoms with Gasteiger partial charge in [-0.15, -0.1) is 0 Å². The fraction of sp³-hybridized carbons (Fsp3) is 0.533. The molecule has 102 valence electrons. The Balaban J connectivity index is 2.01. The number of aryl methyl sites for hydroxylation is 1. The van der Waals surface area contributed by atoms with Crippen molar-refractivity contribution in [3.05, 3.63) is 27.2 Å². The van der Waals surface area contributed by atoms with Gasteiger partial charge in [0.25, 0.3) is 0 Å². The molecule has 2 nitrogen and oxygen atoms in total. The molecule has 0 heterocycles. The monoisotopic (exact) mass is 298 g/mol. The summed E-state index contributed by atoms with van der Waals surface area (Å²) in [5.74, 6) is 0.690. The van der Waals surface area contributed by atoms with Crippen LogP contribution in [0.4, 0.5) is 0 Å². The zero-order valence-corrected chi connectivity index (χ0v) is 12.1. The SMILES string of the molecule is O=C1c2c(cc(O)c(Cl)c2Cl)CCC1C1CCCC1. The number of fused-ring (bicyclic) bond motifs is 1. The number of hydrogen-bond donors (Lipinski definition) is 1. The summed E-state index contributed by atoms with van der Waals surface area (Å²) in [4.78, 5) is 12.7. The minimum atomic E-state index is -0.0301. The van der Waals surface area contributed by atoms with Crippen molar-refractivity contribution in [1.82, 2.24) is 0 Å². The van der Waals surface area contributed by atoms with E-state index in [-0.39, 0.29) is 27.5 Å². The number of phenolic OH excluding ortho intramolecular Hbond substituents is 1. The molecule has 0 aliphatic heterocycles. The molecule has 0 saturated heterocycles. The highest BCUT2D eigenvalue weighted by molar-refractivity contribution is 6.45. The quantitative estimate of drug-likeness (QED) is 0.820. The molecule has 1 aromatic carbocycles. The molecule has 0 spiro atoms. The Labute approximate surface area is 122 Å². The first-order chi connectivity index (χ1) is 9.09. The number of ketones is 1. The third kappa shape index (κ3) is 2.15. The molecule has 2 aliphatic rings. The van der Waals surface area contributed by atoms with E-state index in [1.807, 2.05) is 0 Å². The average molecular weight is 299 g/mol. The van der Waals surface area contributed by atoms with Crippen LogP contribution in [-0.4, -0.2) is 10.9 Å². The second kappa shape index (κ2) is 4.99. The zero-order chi connectivity index (χ0) is 13.6. The maximum absolute atomic E-state index is 12.7. The van der Waals surface area contributed by atoms with Gasteiger partial charge in [0.15, 0.2) is 5.78 Å². The summed E-state index contributed by atoms with van der Waals surface area (Å²) in [6, 6.07) is 1.59. The van der Waals surface area contributed by atoms with E-state index in [9.17, 15) is 9.90 Å². The van der Waals surface area contributed by atoms with Gasteiger partial charge >= 0.3 is 0 Å². The molecule has 0 aromatic heterocycles. The van der Waals surface area contributed by atoms with Gasteiger partial charge in [-0.1, -0.05) is 36.0 Å². The van der Waals surface area contributed by atoms with E-state index in [1.54, 1.807) is 6.07 Å². The van der Waals surface area contributed by atoms with Crippen LogP contribution in [0.1, 0.15) is 48.0 Å². The molecular weight excluding hydrogens is 283 g/mol. The van der Waals surface area contributed by atoms with Crippen molar-refractivity contribution >= 4 is 29.0 Å². The lowest BCUT2D eigenvalue weighted by molar-refractivity contribution is 0.0850. The minimum absolute atomic E-state index is 0.0301. The highest BCUT2D eigenvalue weighted by Crippen LogP contribution is 2.44. The lowest BCUT2D eigenvalue weighted by atomic mass is 9.75. The second-order valence-electron chi connectivity index (χ2n) is 5.61. The van der Waals surface area contributed by atoms with Crippen LogP contribution in [-0.2, 0) is 6.42 Å². The Kier molecular flexibility index (Phi) is 3.48. The Morgan fingerprint density at radius 2 is 1.79 bits per heavy atom. The van der Waals surface area contributed by atoms with Crippen molar-refractivity contribution in [3.8, 4) is 5.75 Å². The van der Waals surface area contributed by atoms with Gasteiger partial charge in [-0.25, -0.2) is 0 Å². The standard InChI is InChI=1S/C15H16Cl2O2/c16-13-11(18)7-9-5-6-10(8-3-1-2-4-8)15(19)12(9)14(13)17/h7-8,10,18H,1-6H2. The van der Waals surface area contributed by atoms with Gasteiger partial charge in [-0.05, 0) is 43.2 Å². The number of halogens is 2. The van der Waals surface area contributed by atoms with E-state index in [1.165, 1.54) is 12.8 Å². The number of aromatic hydroxyl groups is 1. The number of carbonyl (C=O) groups is 1. The molecule has 1 aromatic rings. The molecule has 1 unspecified atom stereocenters. The van der Waals surface area contributed by atoms with Gasteiger partial charge in [-0.3, -0.25) is 4.79 Å². The molecule has 0 amide bonds. The normalized spacial score (nSPS) is 23.7. The average Bonchev–Trinajstić information content (AvgIpc) is 2.90. The first kappa shape index (κ1) is 13.3. The van der Waals surface area contributed by atoms with Crippen molar-refractivity contribution in [2.45, 2.75) is 38.5 Å². The smallest absolute Gasteiger partial charge is 0.168 e. The molecule has 1 fully saturated rings. The predicted molar refractivity (Wildman–Crippen MR) is 76.2 cm³/mol. The van der Waals surface area contributed by atoms with Crippen LogP contribution in [0.3, 0.4) is 0 Å². The first-order valence-electron chi connectivity index (χ1n) is 6.83. The molecule has 4 heteroatoms. The van der Waals surface area contributed by atoms with Crippen LogP contribution in [0.5, 0.6) is 5.75 Å². The minimum Gasteiger partial charge on any atom is -0.506 e. The number of Topliss-reactive ketones (excluding diaryl/α,β-unsaturated/α-hetero) is 1. The Morgan fingerprint density at radius 1 is 1.11 bits per heavy atom. The second-order valence-corrected chi connectivity index (χ2v) is 6.37. The number of benzene rings is 1. The molecule has 3 rings (SSSR count). The largest absolute Gasteiger partial charge is 0.506 e. The topological polar surface area (TPSA) is 37.3 Å². The highest BCUT2D eigenvalue weighted by atomic mass is 35.5. The van der Waals surface area contributed by atoms with Crippen LogP contribution in [0, 0.1) is 11.8 Å². The summed E-state index contributed by atoms with van der Waals surface area (Å²) in [6.07, 6.45) is 6.42. The van der Waals surface area contributed by atoms with Gasteiger partial charge < -0.3 is 5.11 Å². The maximum Gasteiger partial charge on any atom is 0.168 e. The van der Waals surface area contributed by atoms with Gasteiger partial charge in [0, 0.05) is 11.5 Å². The Morgan fingerprint density at radius 3 is 2.47 bits per heavy atom. The number of hydrogen-bond acceptors (Lipinski definition) is 2. The summed E-state index contributed by atoms with van der Waals surface area (Å²) < 4.78 is 0. The van der Waals surface area contributed by atoms with Crippen LogP contribution < -0.4 is 0 Å². The van der Waals surface area contributed by atoms with E-state index in [0.29, 0.717) is 11.5 Å². The lowest BCUT2D eigenvalue weighted by Crippen LogP contribution is -2.28. The van der Waals surface area contributed by atoms with E-state index >= 15 is 0 Å². The Hall–Kier alpha value is -0.730. The van der Waals surface area contributed by atoms with Crippen LogP contribution in [0.2, 0.25) is 10.0 Å². The van der Waals surface area contributed by atoms with Crippen molar-refractivity contribution in [2.75, 3.05) is 0 Å². The van der Waals surface area contributed by atoms with Crippen molar-refractivity contribution in [3.63, 3.8) is 0 Å². The molecular formula is C15H16Cl2O2. The Bertz CT molecular complexity index is 533. The van der Waals surface area contributed by atoms with Crippen LogP contribution in [0.15, 0.2) is 6.07 Å². The molecule has 2 aliphatic carbocycles. The van der Waals surface area contributed by atoms with Gasteiger partial charge in [0.05, 0.1) is 5.02 Å². The van der Waals surface area contributed by atoms with Gasteiger partial charge in [-0.2, -0.15) is 0 Å². The van der Waals surface area contributed by atoms with Crippen LogP contribution >= 0.6 is 23.2 Å². The third-order valence-corrected chi connectivity index (χ3v) is 5.40. The molecule has 0 bridgehead atoms. The number of carbonyl (C=O) groups excluding carboxylic acids is 1. The summed E-state index contributed by atoms with van der Waals surface area (Å²) in [5.41, 5.74) is 1.39.